The van der Waals surface area contributed by atoms with Crippen molar-refractivity contribution in [3.8, 4) is 11.5 Å². The molecule has 21 heavy (non-hydrogen) atoms. The molecule has 0 atom stereocenters. The van der Waals surface area contributed by atoms with E-state index in [0.717, 1.165) is 6.20 Å². The molecule has 1 aromatic carbocycles. The number of methoxy groups -OCH3 is 1. The van der Waals surface area contributed by atoms with Crippen LogP contribution >= 0.6 is 0 Å². The summed E-state index contributed by atoms with van der Waals surface area (Å²) in [6.07, 6.45) is 4.15. The van der Waals surface area contributed by atoms with E-state index >= 15 is 0 Å². The van der Waals surface area contributed by atoms with Crippen molar-refractivity contribution in [2.24, 2.45) is 0 Å². The Hall–Kier alpha value is -2.83. The molecule has 1 aromatic rings. The standard InChI is InChI=1S/C14H15NO6/c1-3-4-11-7-10(5-6-15(18)19)8-12(20-2)14(11)21-9-13(16)17/h3,5-8H,1,4,9H2,2H3,(H,16,17)/b6-5+. The van der Waals surface area contributed by atoms with Crippen molar-refractivity contribution in [3.05, 3.63) is 52.2 Å². The van der Waals surface area contributed by atoms with E-state index in [9.17, 15) is 14.9 Å². The first kappa shape index (κ1) is 16.2. The maximum atomic E-state index is 10.6. The van der Waals surface area contributed by atoms with Crippen molar-refractivity contribution < 1.29 is 24.3 Å². The first-order chi connectivity index (χ1) is 9.97. The van der Waals surface area contributed by atoms with Crippen LogP contribution in [-0.4, -0.2) is 29.7 Å². The second-order valence-electron chi connectivity index (χ2n) is 3.99. The van der Waals surface area contributed by atoms with E-state index in [-0.39, 0.29) is 5.75 Å². The molecule has 0 aromatic heterocycles. The van der Waals surface area contributed by atoms with E-state index < -0.39 is 17.5 Å². The van der Waals surface area contributed by atoms with Crippen molar-refractivity contribution in [1.29, 1.82) is 0 Å². The number of aliphatic carboxylic acids is 1. The Morgan fingerprint density at radius 3 is 2.76 bits per heavy atom. The van der Waals surface area contributed by atoms with Crippen LogP contribution in [0.3, 0.4) is 0 Å². The zero-order valence-electron chi connectivity index (χ0n) is 11.4. The number of benzene rings is 1. The molecule has 0 heterocycles. The summed E-state index contributed by atoms with van der Waals surface area (Å²) in [5, 5.41) is 19.1. The van der Waals surface area contributed by atoms with Crippen LogP contribution in [0.4, 0.5) is 0 Å². The van der Waals surface area contributed by atoms with E-state index in [1.54, 1.807) is 12.1 Å². The van der Waals surface area contributed by atoms with E-state index in [4.69, 9.17) is 14.6 Å². The quantitative estimate of drug-likeness (QED) is 0.448. The number of carboxylic acid groups (broad SMARTS) is 1. The Morgan fingerprint density at radius 2 is 2.24 bits per heavy atom. The zero-order valence-corrected chi connectivity index (χ0v) is 11.4. The fourth-order valence-electron chi connectivity index (χ4n) is 1.68. The molecule has 0 saturated heterocycles. The summed E-state index contributed by atoms with van der Waals surface area (Å²) < 4.78 is 10.4. The summed E-state index contributed by atoms with van der Waals surface area (Å²) in [4.78, 5) is 20.4. The Labute approximate surface area is 121 Å². The molecule has 0 spiro atoms. The number of hydrogen-bond donors (Lipinski definition) is 1. The molecule has 0 saturated carbocycles. The van der Waals surface area contributed by atoms with Crippen LogP contribution in [-0.2, 0) is 11.2 Å². The van der Waals surface area contributed by atoms with Gasteiger partial charge in [0.2, 0.25) is 6.20 Å². The molecule has 0 aliphatic carbocycles. The molecule has 7 nitrogen and oxygen atoms in total. The molecule has 1 rings (SSSR count). The number of nitro groups is 1. The van der Waals surface area contributed by atoms with Crippen LogP contribution in [0.1, 0.15) is 11.1 Å². The minimum Gasteiger partial charge on any atom is -0.493 e. The summed E-state index contributed by atoms with van der Waals surface area (Å²) in [6.45, 7) is 3.10. The van der Waals surface area contributed by atoms with Gasteiger partial charge in [-0.15, -0.1) is 6.58 Å². The average molecular weight is 293 g/mol. The molecule has 0 unspecified atom stereocenters. The van der Waals surface area contributed by atoms with Gasteiger partial charge in [-0.3, -0.25) is 10.1 Å². The smallest absolute Gasteiger partial charge is 0.341 e. The van der Waals surface area contributed by atoms with Crippen molar-refractivity contribution in [1.82, 2.24) is 0 Å². The summed E-state index contributed by atoms with van der Waals surface area (Å²) in [6, 6.07) is 3.19. The number of hydrogen-bond acceptors (Lipinski definition) is 5. The van der Waals surface area contributed by atoms with Gasteiger partial charge in [0.1, 0.15) is 0 Å². The molecule has 7 heteroatoms. The van der Waals surface area contributed by atoms with Gasteiger partial charge in [-0.05, 0) is 24.1 Å². The van der Waals surface area contributed by atoms with Gasteiger partial charge in [0.05, 0.1) is 12.0 Å². The second-order valence-corrected chi connectivity index (χ2v) is 3.99. The minimum atomic E-state index is -1.11. The van der Waals surface area contributed by atoms with Gasteiger partial charge in [0.15, 0.2) is 18.1 Å². The third kappa shape index (κ3) is 4.98. The lowest BCUT2D eigenvalue weighted by molar-refractivity contribution is -0.400. The second kappa shape index (κ2) is 7.68. The maximum absolute atomic E-state index is 10.6. The molecule has 112 valence electrons. The van der Waals surface area contributed by atoms with E-state index in [0.29, 0.717) is 23.3 Å². The number of allylic oxidation sites excluding steroid dienone is 1. The van der Waals surface area contributed by atoms with Gasteiger partial charge < -0.3 is 14.6 Å². The highest BCUT2D eigenvalue weighted by molar-refractivity contribution is 5.69. The van der Waals surface area contributed by atoms with E-state index in [1.165, 1.54) is 19.3 Å². The van der Waals surface area contributed by atoms with Crippen molar-refractivity contribution in [2.45, 2.75) is 6.42 Å². The maximum Gasteiger partial charge on any atom is 0.341 e. The SMILES string of the molecule is C=CCc1cc(/C=C/[N+](=O)[O-])cc(OC)c1OCC(=O)O. The normalized spacial score (nSPS) is 10.3. The number of carboxylic acids is 1. The minimum absolute atomic E-state index is 0.290. The molecule has 0 aliphatic heterocycles. The molecule has 0 bridgehead atoms. The van der Waals surface area contributed by atoms with Crippen LogP contribution in [0.25, 0.3) is 6.08 Å². The molecule has 0 fully saturated rings. The van der Waals surface area contributed by atoms with Gasteiger partial charge in [0.25, 0.3) is 0 Å². The summed E-state index contributed by atoms with van der Waals surface area (Å²) >= 11 is 0. The lowest BCUT2D eigenvalue weighted by atomic mass is 10.1. The van der Waals surface area contributed by atoms with Gasteiger partial charge in [-0.1, -0.05) is 6.08 Å². The van der Waals surface area contributed by atoms with E-state index in [2.05, 4.69) is 6.58 Å². The third-order valence-corrected chi connectivity index (χ3v) is 2.47. The molecule has 0 amide bonds. The van der Waals surface area contributed by atoms with Crippen molar-refractivity contribution in [2.75, 3.05) is 13.7 Å². The fraction of sp³-hybridized carbons (Fsp3) is 0.214. The lowest BCUT2D eigenvalue weighted by Gasteiger charge is -2.14. The number of rotatable bonds is 8. The Morgan fingerprint density at radius 1 is 1.52 bits per heavy atom. The molecule has 0 radical (unpaired) electrons. The number of nitrogens with zero attached hydrogens (tertiary/aromatic N) is 1. The van der Waals surface area contributed by atoms with Crippen LogP contribution < -0.4 is 9.47 Å². The fourth-order valence-corrected chi connectivity index (χ4v) is 1.68. The predicted octanol–water partition coefficient (Wildman–Crippen LogP) is 2.13. The van der Waals surface area contributed by atoms with Gasteiger partial charge >= 0.3 is 5.97 Å². The van der Waals surface area contributed by atoms with Crippen molar-refractivity contribution >= 4 is 12.0 Å². The highest BCUT2D eigenvalue weighted by atomic mass is 16.6. The predicted molar refractivity (Wildman–Crippen MR) is 76.1 cm³/mol. The summed E-state index contributed by atoms with van der Waals surface area (Å²) in [5.74, 6) is -0.518. The first-order valence-corrected chi connectivity index (χ1v) is 5.96. The topological polar surface area (TPSA) is 98.9 Å². The zero-order chi connectivity index (χ0) is 15.8. The van der Waals surface area contributed by atoms with Gasteiger partial charge in [-0.2, -0.15) is 0 Å². The first-order valence-electron chi connectivity index (χ1n) is 5.96. The highest BCUT2D eigenvalue weighted by Crippen LogP contribution is 2.34. The van der Waals surface area contributed by atoms with Gasteiger partial charge in [0, 0.05) is 11.6 Å². The highest BCUT2D eigenvalue weighted by Gasteiger charge is 2.13. The largest absolute Gasteiger partial charge is 0.493 e. The monoisotopic (exact) mass is 293 g/mol. The van der Waals surface area contributed by atoms with Crippen LogP contribution in [0, 0.1) is 10.1 Å². The third-order valence-electron chi connectivity index (χ3n) is 2.47. The van der Waals surface area contributed by atoms with Crippen molar-refractivity contribution in [3.63, 3.8) is 0 Å². The molecular weight excluding hydrogens is 278 g/mol. The van der Waals surface area contributed by atoms with E-state index in [1.807, 2.05) is 0 Å². The summed E-state index contributed by atoms with van der Waals surface area (Å²) in [7, 11) is 1.40. The number of carbonyl (C=O) groups is 1. The molecule has 0 aliphatic rings. The Balaban J connectivity index is 3.23. The lowest BCUT2D eigenvalue weighted by Crippen LogP contribution is -2.11. The number of ether oxygens (including phenoxy) is 2. The Bertz CT molecular complexity index is 579. The Kier molecular flexibility index (Phi) is 5.94. The van der Waals surface area contributed by atoms with Crippen LogP contribution in [0.15, 0.2) is 31.0 Å². The molecular formula is C14H15NO6. The average Bonchev–Trinajstić information content (AvgIpc) is 2.43. The summed E-state index contributed by atoms with van der Waals surface area (Å²) in [5.41, 5.74) is 1.18. The van der Waals surface area contributed by atoms with Crippen LogP contribution in [0.2, 0.25) is 0 Å². The van der Waals surface area contributed by atoms with Crippen LogP contribution in [0.5, 0.6) is 11.5 Å². The van der Waals surface area contributed by atoms with Gasteiger partial charge in [-0.25, -0.2) is 4.79 Å². The molecule has 1 N–H and O–H groups in total.